The fourth-order valence-electron chi connectivity index (χ4n) is 4.11. The van der Waals surface area contributed by atoms with E-state index in [9.17, 15) is 4.79 Å². The summed E-state index contributed by atoms with van der Waals surface area (Å²) in [4.78, 5) is 15.3. The van der Waals surface area contributed by atoms with Gasteiger partial charge >= 0.3 is 0 Å². The number of carbonyl (C=O) groups is 1. The molecule has 4 rings (SSSR count). The van der Waals surface area contributed by atoms with E-state index in [0.717, 1.165) is 34.3 Å². The Morgan fingerprint density at radius 3 is 2.48 bits per heavy atom. The summed E-state index contributed by atoms with van der Waals surface area (Å²) in [5, 5.41) is 8.47. The molecule has 1 aliphatic rings. The average Bonchev–Trinajstić information content (AvgIpc) is 3.57. The fourth-order valence-corrected chi connectivity index (χ4v) is 4.23. The maximum Gasteiger partial charge on any atom is 0.225 e. The van der Waals surface area contributed by atoms with Gasteiger partial charge in [0.25, 0.3) is 0 Å². The normalized spacial score (nSPS) is 14.6. The SMILES string of the molecule is Cc1nn(-c2ccccc2)c(C)c1NC(=O)CCN(C1CC1)C(C)c1ccc(Cl)cc1. The molecule has 0 radical (unpaired) electrons. The number of halogens is 1. The lowest BCUT2D eigenvalue weighted by atomic mass is 10.1. The van der Waals surface area contributed by atoms with Crippen LogP contribution in [-0.2, 0) is 4.79 Å². The van der Waals surface area contributed by atoms with E-state index in [1.165, 1.54) is 18.4 Å². The summed E-state index contributed by atoms with van der Waals surface area (Å²) in [7, 11) is 0. The van der Waals surface area contributed by atoms with Gasteiger partial charge in [0.2, 0.25) is 5.91 Å². The van der Waals surface area contributed by atoms with Crippen molar-refractivity contribution in [3.63, 3.8) is 0 Å². The first kappa shape index (κ1) is 21.6. The highest BCUT2D eigenvalue weighted by molar-refractivity contribution is 6.30. The number of anilines is 1. The van der Waals surface area contributed by atoms with Gasteiger partial charge in [-0.15, -0.1) is 0 Å². The monoisotopic (exact) mass is 436 g/mol. The molecule has 1 unspecified atom stereocenters. The van der Waals surface area contributed by atoms with E-state index in [2.05, 4.69) is 34.4 Å². The van der Waals surface area contributed by atoms with E-state index in [1.54, 1.807) is 0 Å². The second kappa shape index (κ2) is 9.25. The van der Waals surface area contributed by atoms with E-state index in [1.807, 2.05) is 61.0 Å². The number of para-hydroxylation sites is 1. The van der Waals surface area contributed by atoms with Gasteiger partial charge in [-0.3, -0.25) is 9.69 Å². The molecule has 0 bridgehead atoms. The molecule has 31 heavy (non-hydrogen) atoms. The minimum absolute atomic E-state index is 0.0211. The lowest BCUT2D eigenvalue weighted by Gasteiger charge is -2.29. The summed E-state index contributed by atoms with van der Waals surface area (Å²) in [6, 6.07) is 18.8. The van der Waals surface area contributed by atoms with Crippen LogP contribution in [0.1, 0.15) is 49.2 Å². The summed E-state index contributed by atoms with van der Waals surface area (Å²) in [5.41, 5.74) is 4.78. The van der Waals surface area contributed by atoms with Crippen molar-refractivity contribution in [3.8, 4) is 5.69 Å². The van der Waals surface area contributed by atoms with Gasteiger partial charge in [0.15, 0.2) is 0 Å². The largest absolute Gasteiger partial charge is 0.323 e. The van der Waals surface area contributed by atoms with Crippen LogP contribution in [0, 0.1) is 13.8 Å². The lowest BCUT2D eigenvalue weighted by molar-refractivity contribution is -0.116. The number of amides is 1. The highest BCUT2D eigenvalue weighted by atomic mass is 35.5. The van der Waals surface area contributed by atoms with Gasteiger partial charge in [-0.25, -0.2) is 4.68 Å². The minimum Gasteiger partial charge on any atom is -0.323 e. The van der Waals surface area contributed by atoms with Gasteiger partial charge in [0, 0.05) is 30.1 Å². The van der Waals surface area contributed by atoms with E-state index >= 15 is 0 Å². The van der Waals surface area contributed by atoms with E-state index < -0.39 is 0 Å². The Hall–Kier alpha value is -2.63. The zero-order valence-corrected chi connectivity index (χ0v) is 19.1. The van der Waals surface area contributed by atoms with Gasteiger partial charge < -0.3 is 5.32 Å². The molecule has 1 aromatic heterocycles. The Balaban J connectivity index is 1.41. The second-order valence-electron chi connectivity index (χ2n) is 8.29. The summed E-state index contributed by atoms with van der Waals surface area (Å²) in [6.07, 6.45) is 2.84. The molecule has 1 atom stereocenters. The number of benzene rings is 2. The molecule has 0 saturated heterocycles. The topological polar surface area (TPSA) is 50.2 Å². The maximum atomic E-state index is 12.8. The number of hydrogen-bond donors (Lipinski definition) is 1. The summed E-state index contributed by atoms with van der Waals surface area (Å²) < 4.78 is 1.88. The predicted molar refractivity (Wildman–Crippen MR) is 126 cm³/mol. The van der Waals surface area contributed by atoms with E-state index in [4.69, 9.17) is 11.6 Å². The summed E-state index contributed by atoms with van der Waals surface area (Å²) in [6.45, 7) is 6.85. The first-order valence-electron chi connectivity index (χ1n) is 10.9. The quantitative estimate of drug-likeness (QED) is 0.493. The van der Waals surface area contributed by atoms with Crippen LogP contribution in [-0.4, -0.2) is 33.2 Å². The molecule has 5 nitrogen and oxygen atoms in total. The molecule has 2 aromatic carbocycles. The number of aryl methyl sites for hydroxylation is 1. The number of carbonyl (C=O) groups excluding carboxylic acids is 1. The Morgan fingerprint density at radius 2 is 1.84 bits per heavy atom. The van der Waals surface area contributed by atoms with Gasteiger partial charge in [-0.1, -0.05) is 41.9 Å². The van der Waals surface area contributed by atoms with Crippen molar-refractivity contribution in [1.29, 1.82) is 0 Å². The Bertz CT molecular complexity index is 1040. The van der Waals surface area contributed by atoms with Gasteiger partial charge in [0.1, 0.15) is 0 Å². The summed E-state index contributed by atoms with van der Waals surface area (Å²) in [5.74, 6) is 0.0211. The number of rotatable bonds is 8. The van der Waals surface area contributed by atoms with Crippen LogP contribution in [0.2, 0.25) is 5.02 Å². The van der Waals surface area contributed by atoms with E-state index in [0.29, 0.717) is 12.5 Å². The molecule has 0 aliphatic heterocycles. The first-order valence-corrected chi connectivity index (χ1v) is 11.2. The molecule has 1 N–H and O–H groups in total. The van der Waals surface area contributed by atoms with Crippen molar-refractivity contribution in [2.24, 2.45) is 0 Å². The molecule has 1 heterocycles. The van der Waals surface area contributed by atoms with Gasteiger partial charge in [0.05, 0.1) is 22.8 Å². The van der Waals surface area contributed by atoms with Crippen LogP contribution in [0.5, 0.6) is 0 Å². The lowest BCUT2D eigenvalue weighted by Crippen LogP contribution is -2.32. The Morgan fingerprint density at radius 1 is 1.16 bits per heavy atom. The van der Waals surface area contributed by atoms with Crippen LogP contribution in [0.4, 0.5) is 5.69 Å². The van der Waals surface area contributed by atoms with Crippen LogP contribution in [0.3, 0.4) is 0 Å². The number of aromatic nitrogens is 2. The molecule has 1 saturated carbocycles. The molecular weight excluding hydrogens is 408 g/mol. The van der Waals surface area contributed by atoms with Gasteiger partial charge in [-0.2, -0.15) is 5.10 Å². The van der Waals surface area contributed by atoms with Crippen molar-refractivity contribution >= 4 is 23.2 Å². The maximum absolute atomic E-state index is 12.8. The number of nitrogens with one attached hydrogen (secondary N) is 1. The predicted octanol–water partition coefficient (Wildman–Crippen LogP) is 5.70. The molecular formula is C25H29ClN4O. The smallest absolute Gasteiger partial charge is 0.225 e. The molecule has 1 amide bonds. The van der Waals surface area contributed by atoms with Crippen molar-refractivity contribution in [1.82, 2.24) is 14.7 Å². The molecule has 1 fully saturated rings. The van der Waals surface area contributed by atoms with E-state index in [-0.39, 0.29) is 11.9 Å². The van der Waals surface area contributed by atoms with Crippen molar-refractivity contribution in [3.05, 3.63) is 76.6 Å². The average molecular weight is 437 g/mol. The van der Waals surface area contributed by atoms with Crippen LogP contribution >= 0.6 is 11.6 Å². The second-order valence-corrected chi connectivity index (χ2v) is 8.72. The molecule has 1 aliphatic carbocycles. The van der Waals surface area contributed by atoms with Crippen LogP contribution in [0.25, 0.3) is 5.69 Å². The molecule has 0 spiro atoms. The molecule has 6 heteroatoms. The molecule has 162 valence electrons. The number of hydrogen-bond acceptors (Lipinski definition) is 3. The Kier molecular flexibility index (Phi) is 6.44. The minimum atomic E-state index is 0.0211. The third kappa shape index (κ3) is 5.00. The highest BCUT2D eigenvalue weighted by Crippen LogP contribution is 2.34. The summed E-state index contributed by atoms with van der Waals surface area (Å²) >= 11 is 6.04. The van der Waals surface area contributed by atoms with Crippen LogP contribution in [0.15, 0.2) is 54.6 Å². The van der Waals surface area contributed by atoms with Crippen molar-refractivity contribution in [2.45, 2.75) is 52.1 Å². The standard InChI is InChI=1S/C25H29ClN4O/c1-17-25(19(3)30(28-17)23-7-5-4-6-8-23)27-24(31)15-16-29(22-13-14-22)18(2)20-9-11-21(26)12-10-20/h4-12,18,22H,13-16H2,1-3H3,(H,27,31). The first-order chi connectivity index (χ1) is 14.9. The molecule has 3 aromatic rings. The fraction of sp³-hybridized carbons (Fsp3) is 0.360. The highest BCUT2D eigenvalue weighted by Gasteiger charge is 2.33. The van der Waals surface area contributed by atoms with Crippen molar-refractivity contribution < 1.29 is 4.79 Å². The van der Waals surface area contributed by atoms with Crippen molar-refractivity contribution in [2.75, 3.05) is 11.9 Å². The van der Waals surface area contributed by atoms with Gasteiger partial charge in [-0.05, 0) is 63.4 Å². The third-order valence-corrected chi connectivity index (χ3v) is 6.27. The Labute approximate surface area is 189 Å². The zero-order valence-electron chi connectivity index (χ0n) is 18.3. The van der Waals surface area contributed by atoms with Crippen LogP contribution < -0.4 is 5.32 Å². The zero-order chi connectivity index (χ0) is 22.0. The third-order valence-electron chi connectivity index (χ3n) is 6.02. The number of nitrogens with zero attached hydrogens (tertiary/aromatic N) is 3.